The molecule has 4 nitrogen and oxygen atoms in total. The molecule has 1 aromatic rings. The van der Waals surface area contributed by atoms with Gasteiger partial charge in [-0.05, 0) is 111 Å². The third-order valence-electron chi connectivity index (χ3n) is 8.75. The lowest BCUT2D eigenvalue weighted by molar-refractivity contribution is 0.0411. The van der Waals surface area contributed by atoms with Gasteiger partial charge in [-0.3, -0.25) is 0 Å². The summed E-state index contributed by atoms with van der Waals surface area (Å²) in [6, 6.07) is 5.23. The fraction of sp³-hybridized carbons (Fsp3) is 0.769. The molecule has 2 saturated carbocycles. The maximum atomic E-state index is 5.64. The molecule has 0 heterocycles. The first-order chi connectivity index (χ1) is 14.6. The summed E-state index contributed by atoms with van der Waals surface area (Å²) in [5.74, 6) is 4.15. The third-order valence-corrected chi connectivity index (χ3v) is 8.75. The van der Waals surface area contributed by atoms with Crippen molar-refractivity contribution in [1.82, 2.24) is 5.32 Å². The largest absolute Gasteiger partial charge is 0.493 e. The van der Waals surface area contributed by atoms with Crippen molar-refractivity contribution >= 4 is 0 Å². The van der Waals surface area contributed by atoms with Crippen LogP contribution in [-0.2, 0) is 6.42 Å². The Balaban J connectivity index is 1.43. The molecule has 5 atom stereocenters. The molecule has 0 aliphatic heterocycles. The highest BCUT2D eigenvalue weighted by Gasteiger charge is 2.54. The van der Waals surface area contributed by atoms with Gasteiger partial charge in [-0.2, -0.15) is 0 Å². The molecule has 30 heavy (non-hydrogen) atoms. The topological polar surface area (TPSA) is 56.5 Å². The van der Waals surface area contributed by atoms with Gasteiger partial charge in [-0.1, -0.05) is 19.8 Å². The minimum Gasteiger partial charge on any atom is -0.493 e. The number of methoxy groups -OCH3 is 2. The van der Waals surface area contributed by atoms with Gasteiger partial charge in [0, 0.05) is 6.04 Å². The van der Waals surface area contributed by atoms with Crippen LogP contribution in [0.5, 0.6) is 11.5 Å². The van der Waals surface area contributed by atoms with E-state index in [1.54, 1.807) is 19.8 Å². The number of rotatable bonds is 9. The zero-order valence-corrected chi connectivity index (χ0v) is 19.3. The van der Waals surface area contributed by atoms with Crippen LogP contribution in [0.3, 0.4) is 0 Å². The van der Waals surface area contributed by atoms with Crippen molar-refractivity contribution in [3.05, 3.63) is 23.3 Å². The maximum absolute atomic E-state index is 5.64. The summed E-state index contributed by atoms with van der Waals surface area (Å²) in [4.78, 5) is 0. The number of hydrogen-bond acceptors (Lipinski definition) is 4. The highest BCUT2D eigenvalue weighted by molar-refractivity contribution is 5.50. The second-order valence-electron chi connectivity index (χ2n) is 10.2. The lowest BCUT2D eigenvalue weighted by Crippen LogP contribution is -2.48. The molecule has 0 spiro atoms. The first-order valence-electron chi connectivity index (χ1n) is 12.3. The summed E-state index contributed by atoms with van der Waals surface area (Å²) < 4.78 is 11.2. The van der Waals surface area contributed by atoms with Crippen LogP contribution in [0, 0.1) is 17.3 Å². The number of nitrogens with one attached hydrogen (secondary N) is 1. The number of aryl methyl sites for hydroxylation is 1. The maximum Gasteiger partial charge on any atom is 0.161 e. The van der Waals surface area contributed by atoms with E-state index in [-0.39, 0.29) is 0 Å². The predicted molar refractivity (Wildman–Crippen MR) is 123 cm³/mol. The Morgan fingerprint density at radius 1 is 1.00 bits per heavy atom. The van der Waals surface area contributed by atoms with Gasteiger partial charge in [0.25, 0.3) is 0 Å². The molecule has 0 bridgehead atoms. The second-order valence-corrected chi connectivity index (χ2v) is 10.2. The molecule has 4 rings (SSSR count). The van der Waals surface area contributed by atoms with Gasteiger partial charge in [-0.25, -0.2) is 0 Å². The van der Waals surface area contributed by atoms with Crippen molar-refractivity contribution in [3.63, 3.8) is 0 Å². The summed E-state index contributed by atoms with van der Waals surface area (Å²) in [6.45, 7) is 4.60. The highest BCUT2D eigenvalue weighted by atomic mass is 16.5. The quantitative estimate of drug-likeness (QED) is 0.556. The number of hydrogen-bond donors (Lipinski definition) is 2. The van der Waals surface area contributed by atoms with Crippen LogP contribution in [0.4, 0.5) is 0 Å². The van der Waals surface area contributed by atoms with Gasteiger partial charge >= 0.3 is 0 Å². The number of nitrogens with two attached hydrogens (primary N) is 1. The number of ether oxygens (including phenoxy) is 2. The van der Waals surface area contributed by atoms with E-state index in [1.807, 2.05) is 0 Å². The highest BCUT2D eigenvalue weighted by Crippen LogP contribution is 2.61. The molecule has 4 heteroatoms. The van der Waals surface area contributed by atoms with Crippen molar-refractivity contribution in [2.45, 2.75) is 83.1 Å². The predicted octanol–water partition coefficient (Wildman–Crippen LogP) is 5.04. The fourth-order valence-corrected chi connectivity index (χ4v) is 7.13. The van der Waals surface area contributed by atoms with Crippen LogP contribution in [0.2, 0.25) is 0 Å². The Kier molecular flexibility index (Phi) is 6.94. The van der Waals surface area contributed by atoms with Crippen LogP contribution in [0.15, 0.2) is 12.1 Å². The minimum atomic E-state index is 0.465. The Morgan fingerprint density at radius 2 is 1.77 bits per heavy atom. The number of fused-ring (bicyclic) bond motifs is 5. The van der Waals surface area contributed by atoms with E-state index in [1.165, 1.54) is 76.3 Å². The van der Waals surface area contributed by atoms with Gasteiger partial charge in [-0.15, -0.1) is 0 Å². The fourth-order valence-electron chi connectivity index (χ4n) is 7.13. The summed E-state index contributed by atoms with van der Waals surface area (Å²) in [5.41, 5.74) is 9.12. The first-order valence-corrected chi connectivity index (χ1v) is 12.3. The summed E-state index contributed by atoms with van der Waals surface area (Å²) in [6.07, 6.45) is 13.0. The zero-order valence-electron chi connectivity index (χ0n) is 19.3. The summed E-state index contributed by atoms with van der Waals surface area (Å²) in [5, 5.41) is 3.98. The van der Waals surface area contributed by atoms with E-state index < -0.39 is 0 Å². The molecule has 0 amide bonds. The van der Waals surface area contributed by atoms with E-state index in [9.17, 15) is 0 Å². The average molecular weight is 415 g/mol. The lowest BCUT2D eigenvalue weighted by atomic mass is 9.55. The molecular weight excluding hydrogens is 372 g/mol. The molecule has 3 aliphatic carbocycles. The molecule has 1 aromatic carbocycles. The van der Waals surface area contributed by atoms with Crippen LogP contribution in [0.1, 0.15) is 81.8 Å². The molecular formula is C26H42N2O2. The molecule has 0 radical (unpaired) electrons. The molecule has 2 fully saturated rings. The van der Waals surface area contributed by atoms with Gasteiger partial charge in [0.1, 0.15) is 0 Å². The van der Waals surface area contributed by atoms with Crippen LogP contribution in [0.25, 0.3) is 0 Å². The van der Waals surface area contributed by atoms with Gasteiger partial charge in [0.2, 0.25) is 0 Å². The van der Waals surface area contributed by atoms with Crippen LogP contribution >= 0.6 is 0 Å². The Morgan fingerprint density at radius 3 is 2.53 bits per heavy atom. The Bertz CT molecular complexity index is 721. The van der Waals surface area contributed by atoms with E-state index in [0.717, 1.165) is 29.9 Å². The standard InChI is InChI=1S/C26H42N2O2/c1-26-13-12-19-20(9-8-18-16-23(29-2)24(30-3)17-21(18)19)22(26)10-11-25(26)28-15-7-5-4-6-14-27/h16-17,19-20,22,25,28H,4-15,27H2,1-3H3/t19?,20?,22?,25-,26-/m0/s1. The van der Waals surface area contributed by atoms with E-state index in [2.05, 4.69) is 24.4 Å². The van der Waals surface area contributed by atoms with E-state index in [4.69, 9.17) is 15.2 Å². The third kappa shape index (κ3) is 3.98. The van der Waals surface area contributed by atoms with Crippen molar-refractivity contribution in [3.8, 4) is 11.5 Å². The van der Waals surface area contributed by atoms with Crippen molar-refractivity contribution in [2.75, 3.05) is 27.3 Å². The summed E-state index contributed by atoms with van der Waals surface area (Å²) >= 11 is 0. The Hall–Kier alpha value is -1.26. The lowest BCUT2D eigenvalue weighted by Gasteiger charge is -2.51. The molecule has 0 saturated heterocycles. The molecule has 0 aromatic heterocycles. The van der Waals surface area contributed by atoms with Gasteiger partial charge in [0.05, 0.1) is 14.2 Å². The minimum absolute atomic E-state index is 0.465. The van der Waals surface area contributed by atoms with Crippen LogP contribution < -0.4 is 20.5 Å². The van der Waals surface area contributed by atoms with Crippen molar-refractivity contribution in [2.24, 2.45) is 23.0 Å². The van der Waals surface area contributed by atoms with Crippen molar-refractivity contribution in [1.29, 1.82) is 0 Å². The summed E-state index contributed by atoms with van der Waals surface area (Å²) in [7, 11) is 3.50. The smallest absolute Gasteiger partial charge is 0.161 e. The van der Waals surface area contributed by atoms with E-state index in [0.29, 0.717) is 17.4 Å². The van der Waals surface area contributed by atoms with Gasteiger partial charge in [0.15, 0.2) is 11.5 Å². The van der Waals surface area contributed by atoms with E-state index >= 15 is 0 Å². The molecule has 3 unspecified atom stereocenters. The molecule has 3 N–H and O–H groups in total. The average Bonchev–Trinajstić information content (AvgIpc) is 3.11. The SMILES string of the molecule is COc1cc2c(cc1OC)C1CC[C@@]3(C)C(CC[C@@H]3NCCCCCCN)C1CC2. The number of benzene rings is 1. The Labute approximate surface area is 183 Å². The van der Waals surface area contributed by atoms with Crippen molar-refractivity contribution < 1.29 is 9.47 Å². The second kappa shape index (κ2) is 9.48. The first kappa shape index (κ1) is 22.0. The molecule has 3 aliphatic rings. The number of unbranched alkanes of at least 4 members (excludes halogenated alkanes) is 3. The monoisotopic (exact) mass is 414 g/mol. The zero-order chi connectivity index (χ0) is 21.1. The normalized spacial score (nSPS) is 32.3. The van der Waals surface area contributed by atoms with Gasteiger partial charge < -0.3 is 20.5 Å². The van der Waals surface area contributed by atoms with Crippen LogP contribution in [-0.4, -0.2) is 33.4 Å². The molecule has 168 valence electrons.